The van der Waals surface area contributed by atoms with Crippen LogP contribution in [0, 0.1) is 24.7 Å². The summed E-state index contributed by atoms with van der Waals surface area (Å²) >= 11 is 1.28. The van der Waals surface area contributed by atoms with Gasteiger partial charge in [0.25, 0.3) is 11.8 Å². The first-order chi connectivity index (χ1) is 22.5. The Morgan fingerprint density at radius 3 is 2.31 bits per heavy atom. The van der Waals surface area contributed by atoms with Gasteiger partial charge in [0.1, 0.15) is 17.1 Å². The van der Waals surface area contributed by atoms with Crippen LogP contribution in [0.4, 0.5) is 23.2 Å². The van der Waals surface area contributed by atoms with Crippen molar-refractivity contribution < 1.29 is 41.4 Å². The van der Waals surface area contributed by atoms with Crippen LogP contribution in [0.3, 0.4) is 0 Å². The molecule has 4 unspecified atom stereocenters. The Morgan fingerprint density at radius 1 is 1.04 bits per heavy atom. The van der Waals surface area contributed by atoms with E-state index in [2.05, 4.69) is 49.9 Å². The van der Waals surface area contributed by atoms with Gasteiger partial charge < -0.3 is 24.8 Å². The number of amides is 2. The zero-order valence-electron chi connectivity index (χ0n) is 28.8. The summed E-state index contributed by atoms with van der Waals surface area (Å²) in [6.07, 6.45) is -4.16. The van der Waals surface area contributed by atoms with Crippen LogP contribution in [-0.4, -0.2) is 56.7 Å². The molecule has 13 heteroatoms. The van der Waals surface area contributed by atoms with Crippen LogP contribution in [0.25, 0.3) is 10.2 Å². The second-order valence-electron chi connectivity index (χ2n) is 11.8. The molecule has 1 aromatic heterocycles. The number of aromatic nitrogens is 1. The van der Waals surface area contributed by atoms with E-state index in [1.165, 1.54) is 49.5 Å². The van der Waals surface area contributed by atoms with Gasteiger partial charge >= 0.3 is 6.18 Å². The number of benzene rings is 2. The fourth-order valence-corrected chi connectivity index (χ4v) is 5.88. The molecule has 4 atom stereocenters. The minimum absolute atomic E-state index is 0.0288. The Morgan fingerprint density at radius 2 is 1.73 bits per heavy atom. The summed E-state index contributed by atoms with van der Waals surface area (Å²) in [5.74, 6) is 1.31. The lowest BCUT2D eigenvalue weighted by Gasteiger charge is -2.21. The highest BCUT2D eigenvalue weighted by molar-refractivity contribution is 7.19. The lowest BCUT2D eigenvalue weighted by molar-refractivity contribution is -0.0934. The van der Waals surface area contributed by atoms with E-state index in [-0.39, 0.29) is 34.9 Å². The molecule has 0 spiro atoms. The van der Waals surface area contributed by atoms with Crippen molar-refractivity contribution in [1.82, 2.24) is 10.3 Å². The fourth-order valence-electron chi connectivity index (χ4n) is 4.93. The predicted molar refractivity (Wildman–Crippen MR) is 183 cm³/mol. The molecular weight excluding hydrogens is 650 g/mol. The van der Waals surface area contributed by atoms with Gasteiger partial charge in [-0.2, -0.15) is 13.2 Å². The molecule has 0 aliphatic rings. The van der Waals surface area contributed by atoms with Crippen molar-refractivity contribution >= 4 is 39.1 Å². The van der Waals surface area contributed by atoms with Gasteiger partial charge in [0.05, 0.1) is 33.6 Å². The molecule has 0 aliphatic carbocycles. The molecule has 0 aliphatic heterocycles. The molecule has 48 heavy (non-hydrogen) atoms. The average molecular weight is 698 g/mol. The highest BCUT2D eigenvalue weighted by Crippen LogP contribution is 2.34. The van der Waals surface area contributed by atoms with Gasteiger partial charge in [-0.05, 0) is 61.8 Å². The van der Waals surface area contributed by atoms with Gasteiger partial charge in [-0.25, -0.2) is 9.37 Å². The van der Waals surface area contributed by atoms with E-state index < -0.39 is 36.3 Å². The molecule has 3 aromatic rings. The van der Waals surface area contributed by atoms with E-state index in [0.29, 0.717) is 16.1 Å². The van der Waals surface area contributed by atoms with Crippen LogP contribution in [0.1, 0.15) is 79.6 Å². The third kappa shape index (κ3) is 12.1. The van der Waals surface area contributed by atoms with Crippen molar-refractivity contribution in [1.29, 1.82) is 0 Å². The zero-order chi connectivity index (χ0) is 36.2. The topological polar surface area (TPSA) is 98.8 Å². The number of rotatable bonds is 15. The van der Waals surface area contributed by atoms with Gasteiger partial charge in [0.2, 0.25) is 6.36 Å². The number of nitrogens with one attached hydrogen (secondary N) is 2. The largest absolute Gasteiger partial charge is 0.496 e. The maximum Gasteiger partial charge on any atom is 0.412 e. The quantitative estimate of drug-likeness (QED) is 0.121. The van der Waals surface area contributed by atoms with E-state index in [0.717, 1.165) is 30.4 Å². The number of alkyl halides is 4. The lowest BCUT2D eigenvalue weighted by atomic mass is 9.86. The first-order valence-electron chi connectivity index (χ1n) is 15.7. The number of carbonyl (C=O) groups excluding carboxylic acids is 2. The van der Waals surface area contributed by atoms with E-state index in [1.54, 1.807) is 26.2 Å². The second-order valence-corrected chi connectivity index (χ2v) is 13.0. The van der Waals surface area contributed by atoms with Crippen LogP contribution < -0.4 is 20.1 Å². The standard InChI is InChI=1S/C24H23F4N3O4S.C11H24O/c1-12(24(26,27)28)9-10-29-22(32)16-6-5-15(35-13(2)25)11-18(16)31-23(33)20-19(34-4)8-7-17-21(20)36-14(3)30-17;1-6-10(3)11(4)7-9(2)8-12-5/h5-8,11,13H,1,9-10H2,2-4H3,(H,29,32)(H,31,33);9-11H,6-8H2,1-5H3. The molecule has 2 N–H and O–H groups in total. The number of carbonyl (C=O) groups is 2. The van der Waals surface area contributed by atoms with E-state index in [9.17, 15) is 27.2 Å². The second kappa shape index (κ2) is 18.7. The Labute approximate surface area is 284 Å². The van der Waals surface area contributed by atoms with E-state index >= 15 is 0 Å². The molecule has 2 aromatic carbocycles. The summed E-state index contributed by atoms with van der Waals surface area (Å²) in [6.45, 7) is 15.7. The first-order valence-corrected chi connectivity index (χ1v) is 16.6. The van der Waals surface area contributed by atoms with Gasteiger partial charge in [0, 0.05) is 38.8 Å². The van der Waals surface area contributed by atoms with Crippen LogP contribution in [0.5, 0.6) is 11.5 Å². The number of ether oxygens (including phenoxy) is 3. The third-order valence-electron chi connectivity index (χ3n) is 7.81. The van der Waals surface area contributed by atoms with Crippen molar-refractivity contribution in [2.45, 2.75) is 73.3 Å². The zero-order valence-corrected chi connectivity index (χ0v) is 29.7. The van der Waals surface area contributed by atoms with Crippen LogP contribution in [0.15, 0.2) is 42.5 Å². The highest BCUT2D eigenvalue weighted by atomic mass is 32.1. The SMILES string of the molecule is C=C(CCNC(=O)c1ccc(OC(C)F)cc1NC(=O)c1c(OC)ccc2nc(C)sc12)C(F)(F)F.CCC(C)C(C)CC(C)COC. The molecule has 266 valence electrons. The fraction of sp³-hybridized carbons (Fsp3) is 0.514. The number of thiazole rings is 1. The Bertz CT molecular complexity index is 1530. The molecule has 3 rings (SSSR count). The van der Waals surface area contributed by atoms with E-state index in [4.69, 9.17) is 14.2 Å². The molecule has 8 nitrogen and oxygen atoms in total. The molecule has 0 bridgehead atoms. The number of aryl methyl sites for hydroxylation is 1. The molecule has 0 saturated heterocycles. The number of hydrogen-bond acceptors (Lipinski definition) is 7. The van der Waals surface area contributed by atoms with Crippen molar-refractivity contribution in [2.75, 3.05) is 32.7 Å². The summed E-state index contributed by atoms with van der Waals surface area (Å²) in [6, 6.07) is 7.13. The summed E-state index contributed by atoms with van der Waals surface area (Å²) < 4.78 is 67.5. The average Bonchev–Trinajstić information content (AvgIpc) is 3.39. The smallest absolute Gasteiger partial charge is 0.412 e. The minimum Gasteiger partial charge on any atom is -0.496 e. The normalized spacial score (nSPS) is 13.8. The maximum atomic E-state index is 13.4. The molecule has 0 radical (unpaired) electrons. The van der Waals surface area contributed by atoms with Gasteiger partial charge in [-0.1, -0.05) is 40.7 Å². The van der Waals surface area contributed by atoms with E-state index in [1.807, 2.05) is 0 Å². The third-order valence-corrected chi connectivity index (χ3v) is 8.81. The summed E-state index contributed by atoms with van der Waals surface area (Å²) in [7, 11) is 3.18. The number of anilines is 1. The van der Waals surface area contributed by atoms with Gasteiger partial charge in [0.15, 0.2) is 0 Å². The Kier molecular flexibility index (Phi) is 15.8. The minimum atomic E-state index is -4.57. The molecule has 2 amide bonds. The molecule has 0 saturated carbocycles. The number of methoxy groups -OCH3 is 2. The van der Waals surface area contributed by atoms with Gasteiger partial charge in [-0.3, -0.25) is 9.59 Å². The predicted octanol–water partition coefficient (Wildman–Crippen LogP) is 9.14. The summed E-state index contributed by atoms with van der Waals surface area (Å²) in [5.41, 5.74) is -0.331. The van der Waals surface area contributed by atoms with Crippen LogP contribution >= 0.6 is 11.3 Å². The maximum absolute atomic E-state index is 13.4. The first kappa shape index (κ1) is 40.5. The highest BCUT2D eigenvalue weighted by Gasteiger charge is 2.31. The van der Waals surface area contributed by atoms with Crippen molar-refractivity contribution in [3.63, 3.8) is 0 Å². The van der Waals surface area contributed by atoms with Crippen LogP contribution in [-0.2, 0) is 4.74 Å². The Balaban J connectivity index is 0.000000567. The molecular formula is C35H47F4N3O5S. The lowest BCUT2D eigenvalue weighted by Crippen LogP contribution is -2.27. The molecule has 1 heterocycles. The number of nitrogens with zero attached hydrogens (tertiary/aromatic N) is 1. The van der Waals surface area contributed by atoms with Crippen molar-refractivity contribution in [3.05, 3.63) is 58.6 Å². The Hall–Kier alpha value is -3.71. The monoisotopic (exact) mass is 697 g/mol. The van der Waals surface area contributed by atoms with Gasteiger partial charge in [-0.15, -0.1) is 11.3 Å². The van der Waals surface area contributed by atoms with Crippen molar-refractivity contribution in [3.8, 4) is 11.5 Å². The summed E-state index contributed by atoms with van der Waals surface area (Å²) in [5, 5.41) is 5.71. The number of hydrogen-bond donors (Lipinski definition) is 2. The molecule has 0 fully saturated rings. The number of halogens is 4. The van der Waals surface area contributed by atoms with Crippen molar-refractivity contribution in [2.24, 2.45) is 17.8 Å². The summed E-state index contributed by atoms with van der Waals surface area (Å²) in [4.78, 5) is 30.5. The number of fused-ring (bicyclic) bond motifs is 1. The van der Waals surface area contributed by atoms with Crippen LogP contribution in [0.2, 0.25) is 0 Å².